The summed E-state index contributed by atoms with van der Waals surface area (Å²) in [5.74, 6) is 8.02. The van der Waals surface area contributed by atoms with E-state index in [2.05, 4.69) is 192 Å². The van der Waals surface area contributed by atoms with Crippen molar-refractivity contribution in [2.75, 3.05) is 86.4 Å². The number of terminal acetylenes is 1. The highest BCUT2D eigenvalue weighted by molar-refractivity contribution is 5.14. The number of aromatic nitrogens is 3. The first kappa shape index (κ1) is 101. The van der Waals surface area contributed by atoms with E-state index >= 15 is 0 Å². The van der Waals surface area contributed by atoms with E-state index in [4.69, 9.17) is 44.7 Å². The fraction of sp³-hybridized carbons (Fsp3) is 0.838. The van der Waals surface area contributed by atoms with E-state index in [9.17, 15) is 25.5 Å². The molecule has 0 amide bonds. The van der Waals surface area contributed by atoms with Gasteiger partial charge in [-0.25, -0.2) is 0 Å². The Morgan fingerprint density at radius 3 is 1.21 bits per heavy atom. The summed E-state index contributed by atoms with van der Waals surface area (Å²) in [6.07, 6.45) is 16.8. The lowest BCUT2D eigenvalue weighted by atomic mass is 10.0. The van der Waals surface area contributed by atoms with Crippen LogP contribution in [0.3, 0.4) is 0 Å². The second-order valence-corrected chi connectivity index (χ2v) is 27.0. The lowest BCUT2D eigenvalue weighted by Crippen LogP contribution is -2.19. The van der Waals surface area contributed by atoms with Gasteiger partial charge in [-0.05, 0) is 118 Å². The Morgan fingerprint density at radius 2 is 0.911 bits per heavy atom. The van der Waals surface area contributed by atoms with E-state index < -0.39 is 0 Å². The molecule has 538 valence electrons. The summed E-state index contributed by atoms with van der Waals surface area (Å²) in [4.78, 5) is 0. The van der Waals surface area contributed by atoms with Crippen LogP contribution >= 0.6 is 0 Å². The van der Waals surface area contributed by atoms with Crippen LogP contribution in [0, 0.1) is 65.6 Å². The van der Waals surface area contributed by atoms with Gasteiger partial charge in [-0.3, -0.25) is 4.68 Å². The average Bonchev–Trinajstić information content (AvgIpc) is 3.85. The number of ether oxygens (including phenoxy) is 7. The monoisotopic (exact) mass is 1290 g/mol. The summed E-state index contributed by atoms with van der Waals surface area (Å²) in [6, 6.07) is 10.6. The van der Waals surface area contributed by atoms with Gasteiger partial charge in [0.05, 0.1) is 115 Å². The minimum atomic E-state index is -0.387. The van der Waals surface area contributed by atoms with E-state index in [0.29, 0.717) is 108 Å². The molecule has 1 aromatic carbocycles. The van der Waals surface area contributed by atoms with E-state index in [0.717, 1.165) is 68.6 Å². The van der Waals surface area contributed by atoms with Gasteiger partial charge in [0.2, 0.25) is 0 Å². The maximum absolute atomic E-state index is 9.54. The molecule has 1 aromatic heterocycles. The summed E-state index contributed by atoms with van der Waals surface area (Å²) < 4.78 is 37.3. The molecule has 0 aliphatic rings. The Bertz CT molecular complexity index is 1680. The van der Waals surface area contributed by atoms with Gasteiger partial charge in [0.15, 0.2) is 0 Å². The maximum atomic E-state index is 9.54. The molecule has 0 aliphatic carbocycles. The van der Waals surface area contributed by atoms with Gasteiger partial charge in [-0.2, -0.15) is 0 Å². The second-order valence-electron chi connectivity index (χ2n) is 27.0. The van der Waals surface area contributed by atoms with Crippen LogP contribution in [0.1, 0.15) is 221 Å². The van der Waals surface area contributed by atoms with Crippen LogP contribution in [-0.2, 0) is 53.2 Å². The van der Waals surface area contributed by atoms with Crippen LogP contribution in [0.5, 0.6) is 0 Å². The highest BCUT2D eigenvalue weighted by atomic mass is 16.5. The summed E-state index contributed by atoms with van der Waals surface area (Å²) in [5.41, 5.74) is 2.23. The molecule has 2 rings (SSSR count). The zero-order valence-electron chi connectivity index (χ0n) is 62.6. The van der Waals surface area contributed by atoms with Gasteiger partial charge in [0, 0.05) is 20.8 Å². The Balaban J connectivity index is -0.000000175. The van der Waals surface area contributed by atoms with Crippen LogP contribution in [0.2, 0.25) is 0 Å². The molecule has 16 nitrogen and oxygen atoms in total. The van der Waals surface area contributed by atoms with Gasteiger partial charge >= 0.3 is 0 Å². The zero-order chi connectivity index (χ0) is 70.7. The minimum Gasteiger partial charge on any atom is -0.393 e. The van der Waals surface area contributed by atoms with Crippen molar-refractivity contribution in [1.29, 1.82) is 0 Å². The normalized spacial score (nSPS) is 12.8. The highest BCUT2D eigenvalue weighted by Gasteiger charge is 2.10. The molecule has 0 bridgehead atoms. The number of aliphatic hydroxyl groups excluding tert-OH is 6. The first-order valence-electron chi connectivity index (χ1n) is 34.1. The zero-order valence-corrected chi connectivity index (χ0v) is 62.6. The van der Waals surface area contributed by atoms with E-state index in [-0.39, 0.29) is 43.2 Å². The largest absolute Gasteiger partial charge is 0.393 e. The molecule has 0 aliphatic heterocycles. The highest BCUT2D eigenvalue weighted by Crippen LogP contribution is 2.10. The summed E-state index contributed by atoms with van der Waals surface area (Å²) in [6.45, 7) is 56.3. The molecule has 90 heavy (non-hydrogen) atoms. The number of aryl methyl sites for hydroxylation is 1. The van der Waals surface area contributed by atoms with Crippen molar-refractivity contribution in [1.82, 2.24) is 15.0 Å². The van der Waals surface area contributed by atoms with E-state index in [1.807, 2.05) is 20.9 Å². The van der Waals surface area contributed by atoms with Gasteiger partial charge in [-0.1, -0.05) is 205 Å². The second kappa shape index (κ2) is 75.2. The molecule has 6 atom stereocenters. The molecular formula is C74H149N3O13. The standard InChI is InChI=1S/C10H19N3O2.C10H22O3.C10H14.C9H20O3.C9H18O2.C9H16O2.C7H16.C6H14O.C4H10/c1-8(2)4-10(14)7-15-6-9-5-13(3)12-11-9;1-4-12-5-6-13-8-10(11)7-9(2)3;1-9(2)8-10-6-4-3-5-7-10;1-8(2)6-9(10)7-12-5-4-11-3;2*1-4-5-11-7-9(10)6-8(2)3;1-4-5-6-7(2)3;1-5(2)4-6(3)7;1-4(2)3/h5,8,10,14H,4,6-7H2,1-3H3;9-11H,4-8H2,1-3H3;3-7,9H,8H2,1-2H3;8-10H,4-7H2,1-3H3;4,8-10H,1,5-7H2,2-3H3;1,8-10H,5-7H2,2-3H3;7H,4-6H2,1-3H3;5-7H,4H2,1-3H3;4H,1-3H3. The smallest absolute Gasteiger partial charge is 0.108 e. The van der Waals surface area contributed by atoms with Gasteiger partial charge in [0.25, 0.3) is 0 Å². The van der Waals surface area contributed by atoms with Crippen LogP contribution in [0.15, 0.2) is 49.2 Å². The fourth-order valence-electron chi connectivity index (χ4n) is 7.59. The summed E-state index contributed by atoms with van der Waals surface area (Å²) in [5, 5.41) is 63.2. The molecule has 0 radical (unpaired) electrons. The Morgan fingerprint density at radius 1 is 0.522 bits per heavy atom. The number of benzene rings is 1. The number of aliphatic hydroxyl groups is 6. The number of hydrogen-bond acceptors (Lipinski definition) is 15. The van der Waals surface area contributed by atoms with Crippen LogP contribution in [0.25, 0.3) is 0 Å². The average molecular weight is 1290 g/mol. The molecule has 0 saturated heterocycles. The first-order chi connectivity index (χ1) is 42.1. The third kappa shape index (κ3) is 107. The van der Waals surface area contributed by atoms with Crippen molar-refractivity contribution in [2.24, 2.45) is 60.3 Å². The van der Waals surface area contributed by atoms with Gasteiger partial charge in [-0.15, -0.1) is 18.1 Å². The van der Waals surface area contributed by atoms with Crippen molar-refractivity contribution in [3.63, 3.8) is 0 Å². The molecule has 16 heteroatoms. The molecular weight excluding hydrogens is 1140 g/mol. The molecule has 2 aromatic rings. The molecule has 0 fully saturated rings. The third-order valence-corrected chi connectivity index (χ3v) is 11.0. The SMILES string of the molecule is C#CCOCC(O)CC(C)C.C=CCOCC(O)CC(C)C.CC(C)C.CC(C)CC(C)O.CC(C)CC(O)COCc1cn(C)nn1.CC(C)Cc1ccccc1.CCCCC(C)C.CCOCCOCC(O)CC(C)C.COCCOCC(O)CC(C)C. The van der Waals surface area contributed by atoms with Gasteiger partial charge in [0.1, 0.15) is 12.3 Å². The maximum Gasteiger partial charge on any atom is 0.108 e. The molecule has 0 spiro atoms. The number of hydrogen-bond donors (Lipinski definition) is 6. The van der Waals surface area contributed by atoms with Crippen molar-refractivity contribution in [3.8, 4) is 12.3 Å². The molecule has 6 N–H and O–H groups in total. The van der Waals surface area contributed by atoms with Crippen LogP contribution in [0.4, 0.5) is 0 Å². The first-order valence-corrected chi connectivity index (χ1v) is 34.1. The van der Waals surface area contributed by atoms with Crippen molar-refractivity contribution in [3.05, 3.63) is 60.4 Å². The molecule has 0 saturated carbocycles. The number of methoxy groups -OCH3 is 1. The number of unbranched alkanes of at least 4 members (excludes halogenated alkanes) is 1. The van der Waals surface area contributed by atoms with Crippen molar-refractivity contribution >= 4 is 0 Å². The van der Waals surface area contributed by atoms with Gasteiger partial charge < -0.3 is 63.8 Å². The summed E-state index contributed by atoms with van der Waals surface area (Å²) >= 11 is 0. The van der Waals surface area contributed by atoms with Crippen molar-refractivity contribution < 1.29 is 63.8 Å². The Labute approximate surface area is 555 Å². The third-order valence-electron chi connectivity index (χ3n) is 11.0. The molecule has 1 heterocycles. The van der Waals surface area contributed by atoms with Crippen molar-refractivity contribution in [2.45, 2.75) is 260 Å². The molecule has 6 unspecified atom stereocenters. The van der Waals surface area contributed by atoms with E-state index in [1.165, 1.54) is 31.2 Å². The lowest BCUT2D eigenvalue weighted by molar-refractivity contribution is -0.000257. The Hall–Kier alpha value is -2.86. The number of nitrogens with zero attached hydrogens (tertiary/aromatic N) is 3. The number of rotatable bonds is 39. The topological polar surface area (TPSA) is 217 Å². The fourth-order valence-corrected chi connectivity index (χ4v) is 7.59. The van der Waals surface area contributed by atoms with Crippen LogP contribution in [-0.4, -0.2) is 169 Å². The summed E-state index contributed by atoms with van der Waals surface area (Å²) in [7, 11) is 3.44. The lowest BCUT2D eigenvalue weighted by Gasteiger charge is -2.13. The Kier molecular flexibility index (Phi) is 84.1. The predicted octanol–water partition coefficient (Wildman–Crippen LogP) is 14.7. The predicted molar refractivity (Wildman–Crippen MR) is 380 cm³/mol. The van der Waals surface area contributed by atoms with Crippen LogP contribution < -0.4 is 0 Å². The quantitative estimate of drug-likeness (QED) is 0.0208. The minimum absolute atomic E-state index is 0.125. The van der Waals surface area contributed by atoms with E-state index in [1.54, 1.807) is 24.1 Å².